The quantitative estimate of drug-likeness (QED) is 0.0770. The van der Waals surface area contributed by atoms with Crippen molar-refractivity contribution >= 4 is 53.4 Å². The Morgan fingerprint density at radius 3 is 1.22 bits per heavy atom. The average Bonchev–Trinajstić information content (AvgIpc) is 3.21. The van der Waals surface area contributed by atoms with E-state index in [2.05, 4.69) is 0 Å². The lowest BCUT2D eigenvalue weighted by Crippen LogP contribution is -2.69. The van der Waals surface area contributed by atoms with Crippen LogP contribution < -0.4 is 4.74 Å². The number of carbonyl (C=O) groups is 8. The van der Waals surface area contributed by atoms with Gasteiger partial charge in [-0.25, -0.2) is 0 Å². The topological polar surface area (TPSA) is 349 Å². The standard InChI is InChI=1S/C40H51NO26/c1-16(43)54-14-27-30(56-18(3)45)33(58-20(5)47)36(60-22(7)49)39(64-27)66-32-29(51)26(13-42)63-38(62-25-11-9-24(10-12-25)41(52)53)35(32)67-40-37(61-23(8)50)34(59-21(6)48)31(57-19(4)46)28(65-40)15-55-17(2)44/h9-12,26-40,42,51H,13-15H2,1-8H3/t26-,27-,28-,29-,30-,31-,32+,33+,34+,35-,36-,37-,38-,39+,40+/m1/s1. The first-order valence-corrected chi connectivity index (χ1v) is 20.3. The van der Waals surface area contributed by atoms with Gasteiger partial charge >= 0.3 is 47.8 Å². The summed E-state index contributed by atoms with van der Waals surface area (Å²) in [6.45, 7) is 5.50. The van der Waals surface area contributed by atoms with E-state index in [4.69, 9.17) is 66.3 Å². The number of aliphatic hydroxyl groups excluding tert-OH is 2. The number of nitro groups is 1. The van der Waals surface area contributed by atoms with Crippen LogP contribution in [0.15, 0.2) is 24.3 Å². The highest BCUT2D eigenvalue weighted by atomic mass is 16.8. The van der Waals surface area contributed by atoms with Crippen molar-refractivity contribution in [3.8, 4) is 5.75 Å². The Kier molecular flexibility index (Phi) is 19.2. The minimum Gasteiger partial charge on any atom is -0.463 e. The number of rotatable bonds is 18. The highest BCUT2D eigenvalue weighted by Crippen LogP contribution is 2.38. The van der Waals surface area contributed by atoms with Gasteiger partial charge in [0.05, 0.1) is 11.5 Å². The van der Waals surface area contributed by atoms with Gasteiger partial charge in [0.25, 0.3) is 5.69 Å². The van der Waals surface area contributed by atoms with Gasteiger partial charge in [0.15, 0.2) is 55.3 Å². The van der Waals surface area contributed by atoms with E-state index in [0.717, 1.165) is 79.7 Å². The SMILES string of the molecule is CC(=O)OC[C@H]1O[C@@H](O[C@H]2[C@H](Oc3ccc([N+](=O)[O-])cc3)O[C@H](CO)[C@@H](O)[C@@H]2O[C@@H]2O[C@H](COC(C)=O)[C@@H](OC(C)=O)[C@H](OC(C)=O)[C@H]2OC(C)=O)[C@H](OC(C)=O)[C@@H](OC(C)=O)[C@@H]1OC(C)=O. The molecule has 1 aromatic carbocycles. The molecule has 0 bridgehead atoms. The first kappa shape index (κ1) is 53.5. The molecule has 2 N–H and O–H groups in total. The molecule has 27 heteroatoms. The number of ether oxygens (including phenoxy) is 14. The number of aliphatic hydroxyl groups is 2. The van der Waals surface area contributed by atoms with Gasteiger partial charge in [-0.2, -0.15) is 0 Å². The normalized spacial score (nSPS) is 31.4. The van der Waals surface area contributed by atoms with Gasteiger partial charge < -0.3 is 76.5 Å². The van der Waals surface area contributed by atoms with E-state index in [-0.39, 0.29) is 11.4 Å². The molecule has 0 aromatic heterocycles. The molecule has 27 nitrogen and oxygen atoms in total. The van der Waals surface area contributed by atoms with Crippen molar-refractivity contribution in [2.75, 3.05) is 19.8 Å². The molecule has 0 radical (unpaired) electrons. The largest absolute Gasteiger partial charge is 0.463 e. The lowest BCUT2D eigenvalue weighted by molar-refractivity contribution is -0.385. The Labute approximate surface area is 380 Å². The Morgan fingerprint density at radius 1 is 0.507 bits per heavy atom. The summed E-state index contributed by atoms with van der Waals surface area (Å²) in [6.07, 6.45) is -27.6. The van der Waals surface area contributed by atoms with Crippen LogP contribution in [0, 0.1) is 10.1 Å². The highest BCUT2D eigenvalue weighted by molar-refractivity contribution is 5.70. The van der Waals surface area contributed by atoms with Crippen molar-refractivity contribution in [3.63, 3.8) is 0 Å². The molecule has 1 aromatic rings. The van der Waals surface area contributed by atoms with Crippen LogP contribution >= 0.6 is 0 Å². The predicted octanol–water partition coefficient (Wildman–Crippen LogP) is -1.01. The molecule has 67 heavy (non-hydrogen) atoms. The van der Waals surface area contributed by atoms with Crippen LogP contribution in [-0.4, -0.2) is 175 Å². The molecule has 4 rings (SSSR count). The number of hydrogen-bond acceptors (Lipinski definition) is 26. The number of hydrogen-bond donors (Lipinski definition) is 2. The van der Waals surface area contributed by atoms with Gasteiger partial charge in [0.1, 0.15) is 49.5 Å². The molecule has 3 aliphatic rings. The lowest BCUT2D eigenvalue weighted by atomic mass is 9.95. The second-order valence-electron chi connectivity index (χ2n) is 14.9. The van der Waals surface area contributed by atoms with Crippen LogP contribution in [-0.2, 0) is 99.9 Å². The van der Waals surface area contributed by atoms with E-state index in [9.17, 15) is 58.7 Å². The molecular formula is C40H51NO26. The van der Waals surface area contributed by atoms with Gasteiger partial charge in [0, 0.05) is 67.5 Å². The van der Waals surface area contributed by atoms with Crippen molar-refractivity contribution in [2.24, 2.45) is 0 Å². The average molecular weight is 962 g/mol. The van der Waals surface area contributed by atoms with Gasteiger partial charge in [-0.05, 0) is 12.1 Å². The monoisotopic (exact) mass is 961 g/mol. The van der Waals surface area contributed by atoms with Crippen LogP contribution in [0.2, 0.25) is 0 Å². The fourth-order valence-electron chi connectivity index (χ4n) is 7.12. The van der Waals surface area contributed by atoms with Gasteiger partial charge in [-0.3, -0.25) is 48.5 Å². The maximum Gasteiger partial charge on any atom is 0.303 e. The van der Waals surface area contributed by atoms with Gasteiger partial charge in [-0.1, -0.05) is 0 Å². The molecule has 15 atom stereocenters. The second-order valence-corrected chi connectivity index (χ2v) is 14.9. The summed E-state index contributed by atoms with van der Waals surface area (Å²) in [5.41, 5.74) is -0.365. The summed E-state index contributed by atoms with van der Waals surface area (Å²) in [6, 6.07) is 4.39. The first-order valence-electron chi connectivity index (χ1n) is 20.3. The molecule has 3 aliphatic heterocycles. The van der Waals surface area contributed by atoms with Gasteiger partial charge in [0.2, 0.25) is 6.29 Å². The second kappa shape index (κ2) is 24.1. The number of nitrogens with zero attached hydrogens (tertiary/aromatic N) is 1. The smallest absolute Gasteiger partial charge is 0.303 e. The van der Waals surface area contributed by atoms with E-state index in [1.54, 1.807) is 0 Å². The molecule has 0 saturated carbocycles. The molecule has 0 unspecified atom stereocenters. The third kappa shape index (κ3) is 14.9. The number of carbonyl (C=O) groups excluding carboxylic acids is 8. The summed E-state index contributed by atoms with van der Waals surface area (Å²) in [4.78, 5) is 110. The summed E-state index contributed by atoms with van der Waals surface area (Å²) in [5.74, 6) is -7.83. The van der Waals surface area contributed by atoms with Crippen molar-refractivity contribution in [1.29, 1.82) is 0 Å². The Bertz CT molecular complexity index is 1960. The molecule has 3 fully saturated rings. The number of benzene rings is 1. The van der Waals surface area contributed by atoms with Crippen molar-refractivity contribution in [2.45, 2.75) is 148 Å². The maximum absolute atomic E-state index is 12.7. The van der Waals surface area contributed by atoms with E-state index < -0.39 is 165 Å². The maximum atomic E-state index is 12.7. The summed E-state index contributed by atoms with van der Waals surface area (Å²) in [7, 11) is 0. The van der Waals surface area contributed by atoms with Crippen molar-refractivity contribution in [1.82, 2.24) is 0 Å². The van der Waals surface area contributed by atoms with Crippen LogP contribution in [0.25, 0.3) is 0 Å². The molecule has 3 heterocycles. The van der Waals surface area contributed by atoms with Crippen molar-refractivity contribution in [3.05, 3.63) is 34.4 Å². The zero-order valence-electron chi connectivity index (χ0n) is 37.2. The number of non-ortho nitro benzene ring substituents is 1. The van der Waals surface area contributed by atoms with Crippen molar-refractivity contribution < 1.29 is 120 Å². The molecule has 3 saturated heterocycles. The molecule has 0 amide bonds. The van der Waals surface area contributed by atoms with E-state index >= 15 is 0 Å². The minimum absolute atomic E-state index is 0.162. The fourth-order valence-corrected chi connectivity index (χ4v) is 7.12. The van der Waals surface area contributed by atoms with Crippen LogP contribution in [0.3, 0.4) is 0 Å². The van der Waals surface area contributed by atoms with E-state index in [1.165, 1.54) is 0 Å². The molecular weight excluding hydrogens is 910 g/mol. The summed E-state index contributed by atoms with van der Waals surface area (Å²) in [5, 5.41) is 33.9. The summed E-state index contributed by atoms with van der Waals surface area (Å²) < 4.78 is 80.2. The molecule has 372 valence electrons. The third-order valence-electron chi connectivity index (χ3n) is 9.58. The zero-order chi connectivity index (χ0) is 49.9. The summed E-state index contributed by atoms with van der Waals surface area (Å²) >= 11 is 0. The molecule has 0 aliphatic carbocycles. The Morgan fingerprint density at radius 2 is 0.866 bits per heavy atom. The van der Waals surface area contributed by atoms with Crippen LogP contribution in [0.5, 0.6) is 5.75 Å². The van der Waals surface area contributed by atoms with Crippen LogP contribution in [0.1, 0.15) is 55.4 Å². The third-order valence-corrected chi connectivity index (χ3v) is 9.58. The van der Waals surface area contributed by atoms with E-state index in [1.807, 2.05) is 0 Å². The fraction of sp³-hybridized carbons (Fsp3) is 0.650. The lowest BCUT2D eigenvalue weighted by Gasteiger charge is -2.50. The van der Waals surface area contributed by atoms with Gasteiger partial charge in [-0.15, -0.1) is 0 Å². The van der Waals surface area contributed by atoms with Crippen LogP contribution in [0.4, 0.5) is 5.69 Å². The Hall–Kier alpha value is -6.10. The van der Waals surface area contributed by atoms with E-state index in [0.29, 0.717) is 0 Å². The highest BCUT2D eigenvalue weighted by Gasteiger charge is 2.59. The Balaban J connectivity index is 1.95. The number of nitro benzene ring substituents is 1. The minimum atomic E-state index is -2.05. The zero-order valence-corrected chi connectivity index (χ0v) is 37.2. The first-order chi connectivity index (χ1) is 31.5. The molecule has 0 spiro atoms. The predicted molar refractivity (Wildman–Crippen MR) is 209 cm³/mol. The number of esters is 8.